The quantitative estimate of drug-likeness (QED) is 0.417. The van der Waals surface area contributed by atoms with Gasteiger partial charge in [0.15, 0.2) is 11.5 Å². The molecule has 1 saturated carbocycles. The van der Waals surface area contributed by atoms with Crippen LogP contribution in [0.5, 0.6) is 0 Å². The minimum absolute atomic E-state index is 0.0302. The summed E-state index contributed by atoms with van der Waals surface area (Å²) in [4.78, 5) is 42.2. The predicted molar refractivity (Wildman–Crippen MR) is 111 cm³/mol. The lowest BCUT2D eigenvalue weighted by Gasteiger charge is -2.24. The zero-order valence-corrected chi connectivity index (χ0v) is 17.1. The summed E-state index contributed by atoms with van der Waals surface area (Å²) >= 11 is 6.03. The molecule has 4 rings (SSSR count). The van der Waals surface area contributed by atoms with Gasteiger partial charge in [0.1, 0.15) is 18.2 Å². The summed E-state index contributed by atoms with van der Waals surface area (Å²) in [5.74, 6) is -0.279. The number of nitrogens with zero attached hydrogens (tertiary/aromatic N) is 4. The second-order valence-electron chi connectivity index (χ2n) is 7.16. The van der Waals surface area contributed by atoms with Crippen molar-refractivity contribution >= 4 is 40.5 Å². The molecule has 9 nitrogen and oxygen atoms in total. The third-order valence-corrected chi connectivity index (χ3v) is 4.94. The van der Waals surface area contributed by atoms with E-state index in [1.807, 2.05) is 35.2 Å². The van der Waals surface area contributed by atoms with Crippen LogP contribution in [0.2, 0.25) is 5.28 Å². The SMILES string of the molecule is C[C@H](NC(=O)CN(c1nc(Cl)nc2nc[nH]c12)C1CC1)C(=O)OCc1ccccc1. The molecule has 30 heavy (non-hydrogen) atoms. The van der Waals surface area contributed by atoms with Crippen molar-refractivity contribution in [3.8, 4) is 0 Å². The molecule has 1 fully saturated rings. The molecule has 2 heterocycles. The number of esters is 1. The van der Waals surface area contributed by atoms with Gasteiger partial charge in [-0.1, -0.05) is 30.3 Å². The van der Waals surface area contributed by atoms with Crippen LogP contribution in [0, 0.1) is 0 Å². The zero-order chi connectivity index (χ0) is 21.1. The number of aromatic amines is 1. The van der Waals surface area contributed by atoms with E-state index in [2.05, 4.69) is 25.3 Å². The van der Waals surface area contributed by atoms with Gasteiger partial charge in [-0.2, -0.15) is 9.97 Å². The van der Waals surface area contributed by atoms with Crippen molar-refractivity contribution in [1.82, 2.24) is 25.3 Å². The highest BCUT2D eigenvalue weighted by molar-refractivity contribution is 6.28. The Labute approximate surface area is 177 Å². The highest BCUT2D eigenvalue weighted by Crippen LogP contribution is 2.33. The van der Waals surface area contributed by atoms with Crippen LogP contribution in [0.1, 0.15) is 25.3 Å². The average Bonchev–Trinajstić information content (AvgIpc) is 3.47. The molecule has 0 saturated heterocycles. The maximum absolute atomic E-state index is 12.6. The third kappa shape index (κ3) is 4.68. The Morgan fingerprint density at radius 2 is 2.07 bits per heavy atom. The van der Waals surface area contributed by atoms with Crippen molar-refractivity contribution in [3.05, 3.63) is 47.5 Å². The highest BCUT2D eigenvalue weighted by Gasteiger charge is 2.33. The highest BCUT2D eigenvalue weighted by atomic mass is 35.5. The van der Waals surface area contributed by atoms with Gasteiger partial charge < -0.3 is 19.9 Å². The monoisotopic (exact) mass is 428 g/mol. The van der Waals surface area contributed by atoms with Gasteiger partial charge in [0.25, 0.3) is 0 Å². The molecule has 1 aromatic carbocycles. The first-order chi connectivity index (χ1) is 14.5. The van der Waals surface area contributed by atoms with Crippen molar-refractivity contribution in [2.24, 2.45) is 0 Å². The number of benzene rings is 1. The number of anilines is 1. The van der Waals surface area contributed by atoms with Crippen LogP contribution >= 0.6 is 11.6 Å². The van der Waals surface area contributed by atoms with E-state index in [1.165, 1.54) is 6.33 Å². The van der Waals surface area contributed by atoms with E-state index in [-0.39, 0.29) is 30.4 Å². The maximum Gasteiger partial charge on any atom is 0.328 e. The molecule has 0 radical (unpaired) electrons. The molecule has 0 aliphatic heterocycles. The normalized spacial score (nSPS) is 14.3. The number of rotatable bonds is 8. The first-order valence-electron chi connectivity index (χ1n) is 9.64. The number of imidazole rings is 1. The van der Waals surface area contributed by atoms with E-state index in [4.69, 9.17) is 16.3 Å². The lowest BCUT2D eigenvalue weighted by Crippen LogP contribution is -2.45. The molecule has 1 atom stereocenters. The smallest absolute Gasteiger partial charge is 0.328 e. The van der Waals surface area contributed by atoms with Crippen molar-refractivity contribution in [3.63, 3.8) is 0 Å². The fourth-order valence-electron chi connectivity index (χ4n) is 3.12. The van der Waals surface area contributed by atoms with Crippen LogP contribution in [0.15, 0.2) is 36.7 Å². The lowest BCUT2D eigenvalue weighted by atomic mass is 10.2. The Morgan fingerprint density at radius 1 is 1.30 bits per heavy atom. The number of carbonyl (C=O) groups is 2. The van der Waals surface area contributed by atoms with Crippen molar-refractivity contribution < 1.29 is 14.3 Å². The number of amides is 1. The number of ether oxygens (including phenoxy) is 1. The van der Waals surface area contributed by atoms with Gasteiger partial charge >= 0.3 is 5.97 Å². The van der Waals surface area contributed by atoms with Gasteiger partial charge in [0.05, 0.1) is 12.9 Å². The molecule has 10 heteroatoms. The zero-order valence-electron chi connectivity index (χ0n) is 16.3. The van der Waals surface area contributed by atoms with E-state index in [9.17, 15) is 9.59 Å². The van der Waals surface area contributed by atoms with Gasteiger partial charge in [-0.25, -0.2) is 9.78 Å². The van der Waals surface area contributed by atoms with Crippen LogP contribution in [-0.2, 0) is 20.9 Å². The van der Waals surface area contributed by atoms with Gasteiger partial charge in [-0.3, -0.25) is 4.79 Å². The van der Waals surface area contributed by atoms with E-state index >= 15 is 0 Å². The van der Waals surface area contributed by atoms with Gasteiger partial charge in [0, 0.05) is 6.04 Å². The Bertz CT molecular complexity index is 1050. The number of aromatic nitrogens is 4. The lowest BCUT2D eigenvalue weighted by molar-refractivity contribution is -0.148. The van der Waals surface area contributed by atoms with Crippen molar-refractivity contribution in [2.75, 3.05) is 11.4 Å². The maximum atomic E-state index is 12.6. The minimum atomic E-state index is -0.775. The Hall–Kier alpha value is -3.20. The second-order valence-corrected chi connectivity index (χ2v) is 7.50. The molecular formula is C20H21ClN6O3. The second kappa shape index (κ2) is 8.66. The number of halogens is 1. The first kappa shape index (κ1) is 20.1. The standard InChI is InChI=1S/C20H21ClN6O3/c1-12(19(29)30-10-13-5-3-2-4-6-13)24-15(28)9-27(14-7-8-14)18-16-17(23-11-22-16)25-20(21)26-18/h2-6,11-12,14H,7-10H2,1H3,(H,24,28)(H,22,23,25,26)/t12-/m0/s1. The van der Waals surface area contributed by atoms with Crippen molar-refractivity contribution in [2.45, 2.75) is 38.5 Å². The molecule has 1 amide bonds. The summed E-state index contributed by atoms with van der Waals surface area (Å²) < 4.78 is 5.28. The van der Waals surface area contributed by atoms with E-state index in [0.717, 1.165) is 18.4 Å². The van der Waals surface area contributed by atoms with E-state index in [0.29, 0.717) is 17.0 Å². The summed E-state index contributed by atoms with van der Waals surface area (Å²) in [5, 5.41) is 2.76. The molecule has 156 valence electrons. The molecule has 2 N–H and O–H groups in total. The average molecular weight is 429 g/mol. The number of H-pyrrole nitrogens is 1. The molecule has 0 unspecified atom stereocenters. The van der Waals surface area contributed by atoms with Gasteiger partial charge in [-0.15, -0.1) is 0 Å². The van der Waals surface area contributed by atoms with Crippen LogP contribution < -0.4 is 10.2 Å². The number of fused-ring (bicyclic) bond motifs is 1. The van der Waals surface area contributed by atoms with Crippen LogP contribution in [0.3, 0.4) is 0 Å². The van der Waals surface area contributed by atoms with E-state index in [1.54, 1.807) is 6.92 Å². The summed E-state index contributed by atoms with van der Waals surface area (Å²) in [7, 11) is 0. The number of hydrogen-bond acceptors (Lipinski definition) is 7. The topological polar surface area (TPSA) is 113 Å². The van der Waals surface area contributed by atoms with Gasteiger partial charge in [-0.05, 0) is 36.9 Å². The van der Waals surface area contributed by atoms with Crippen molar-refractivity contribution in [1.29, 1.82) is 0 Å². The molecule has 1 aliphatic carbocycles. The van der Waals surface area contributed by atoms with Crippen LogP contribution in [0.4, 0.5) is 5.82 Å². The molecule has 0 spiro atoms. The number of nitrogens with one attached hydrogen (secondary N) is 2. The molecule has 0 bridgehead atoms. The van der Waals surface area contributed by atoms with Crippen LogP contribution in [0.25, 0.3) is 11.2 Å². The largest absolute Gasteiger partial charge is 0.459 e. The molecule has 2 aromatic heterocycles. The summed E-state index contributed by atoms with van der Waals surface area (Å²) in [5.41, 5.74) is 1.94. The minimum Gasteiger partial charge on any atom is -0.459 e. The fraction of sp³-hybridized carbons (Fsp3) is 0.350. The molecule has 1 aliphatic rings. The molecule has 3 aromatic rings. The summed E-state index contributed by atoms with van der Waals surface area (Å²) in [6.45, 7) is 1.79. The number of hydrogen-bond donors (Lipinski definition) is 2. The van der Waals surface area contributed by atoms with Crippen LogP contribution in [-0.4, -0.2) is 50.4 Å². The molecular weight excluding hydrogens is 408 g/mol. The number of carbonyl (C=O) groups excluding carboxylic acids is 2. The Balaban J connectivity index is 1.39. The predicted octanol–water partition coefficient (Wildman–Crippen LogP) is 2.22. The summed E-state index contributed by atoms with van der Waals surface area (Å²) in [6.07, 6.45) is 3.40. The Kier molecular flexibility index (Phi) is 5.80. The Morgan fingerprint density at radius 3 is 2.80 bits per heavy atom. The summed E-state index contributed by atoms with van der Waals surface area (Å²) in [6, 6.07) is 8.77. The van der Waals surface area contributed by atoms with Gasteiger partial charge in [0.2, 0.25) is 11.2 Å². The first-order valence-corrected chi connectivity index (χ1v) is 10.0. The van der Waals surface area contributed by atoms with E-state index < -0.39 is 12.0 Å². The fourth-order valence-corrected chi connectivity index (χ4v) is 3.28. The third-order valence-electron chi connectivity index (χ3n) is 4.77.